The van der Waals surface area contributed by atoms with Crippen LogP contribution in [0.3, 0.4) is 0 Å². The number of benzene rings is 3. The lowest BCUT2D eigenvalue weighted by molar-refractivity contribution is 0.103. The Kier molecular flexibility index (Phi) is 7.23. The molecule has 2 N–H and O–H groups in total. The van der Waals surface area contributed by atoms with Crippen LogP contribution in [-0.4, -0.2) is 41.8 Å². The first-order valence-electron chi connectivity index (χ1n) is 12.5. The first kappa shape index (κ1) is 24.6. The number of nitrogens with zero attached hydrogens (tertiary/aromatic N) is 1. The number of nitrogens with one attached hydrogen (secondary N) is 1. The normalized spacial score (nSPS) is 16.2. The molecule has 7 nitrogen and oxygen atoms in total. The van der Waals surface area contributed by atoms with Crippen molar-refractivity contribution in [1.29, 1.82) is 0 Å². The maximum absolute atomic E-state index is 13.8. The van der Waals surface area contributed by atoms with Gasteiger partial charge in [-0.15, -0.1) is 0 Å². The second-order valence-electron chi connectivity index (χ2n) is 9.24. The van der Waals surface area contributed by atoms with Crippen LogP contribution < -0.4 is 14.8 Å². The van der Waals surface area contributed by atoms with Gasteiger partial charge in [0.1, 0.15) is 29.0 Å². The fraction of sp³-hybridized carbons (Fsp3) is 0.267. The van der Waals surface area contributed by atoms with Crippen LogP contribution in [0.2, 0.25) is 0 Å². The van der Waals surface area contributed by atoms with E-state index in [1.807, 2.05) is 36.4 Å². The molecule has 0 saturated carbocycles. The van der Waals surface area contributed by atoms with Crippen LogP contribution in [0.15, 0.2) is 77.3 Å². The lowest BCUT2D eigenvalue weighted by Gasteiger charge is -2.29. The van der Waals surface area contributed by atoms with Gasteiger partial charge in [-0.3, -0.25) is 4.79 Å². The topological polar surface area (TPSA) is 93.8 Å². The number of aromatic nitrogens is 1. The van der Waals surface area contributed by atoms with Crippen molar-refractivity contribution in [2.24, 2.45) is 0 Å². The van der Waals surface area contributed by atoms with Gasteiger partial charge in [-0.05, 0) is 99.1 Å². The van der Waals surface area contributed by atoms with Crippen LogP contribution in [0.5, 0.6) is 17.2 Å². The average molecular weight is 499 g/mol. The van der Waals surface area contributed by atoms with Crippen LogP contribution in [0, 0.1) is 0 Å². The highest BCUT2D eigenvalue weighted by molar-refractivity contribution is 6.15. The standard InChI is InChI=1S/C30H30N2O5/c1-19(26-5-3-4-18-31-26)36-25-16-10-21(11-17-25)29(34)27-28(20-8-14-24(35-2)15-9-20)32-37-30(27)22-6-12-23(33)13-7-22/h6-17,19,26,31,33H,3-5,18H2,1-2H3. The largest absolute Gasteiger partial charge is 0.508 e. The highest BCUT2D eigenvalue weighted by atomic mass is 16.5. The number of methoxy groups -OCH3 is 1. The third-order valence-electron chi connectivity index (χ3n) is 6.77. The van der Waals surface area contributed by atoms with Crippen molar-refractivity contribution >= 4 is 5.78 Å². The minimum absolute atomic E-state index is 0.0303. The molecule has 2 heterocycles. The summed E-state index contributed by atoms with van der Waals surface area (Å²) in [6.07, 6.45) is 3.53. The maximum Gasteiger partial charge on any atom is 0.199 e. The molecule has 1 saturated heterocycles. The van der Waals surface area contributed by atoms with Gasteiger partial charge in [0.05, 0.1) is 12.7 Å². The lowest BCUT2D eigenvalue weighted by atomic mass is 9.95. The molecule has 3 aromatic carbocycles. The van der Waals surface area contributed by atoms with Crippen LogP contribution in [0.4, 0.5) is 0 Å². The summed E-state index contributed by atoms with van der Waals surface area (Å²) in [7, 11) is 1.60. The molecule has 37 heavy (non-hydrogen) atoms. The molecule has 0 spiro atoms. The second kappa shape index (κ2) is 10.9. The van der Waals surface area contributed by atoms with E-state index in [1.54, 1.807) is 43.5 Å². The molecule has 7 heteroatoms. The predicted molar refractivity (Wildman–Crippen MR) is 141 cm³/mol. The van der Waals surface area contributed by atoms with Crippen molar-refractivity contribution < 1.29 is 23.9 Å². The van der Waals surface area contributed by atoms with E-state index < -0.39 is 0 Å². The number of phenolic OH excluding ortho intramolecular Hbond substituents is 1. The van der Waals surface area contributed by atoms with Crippen LogP contribution in [-0.2, 0) is 0 Å². The molecule has 0 bridgehead atoms. The van der Waals surface area contributed by atoms with Gasteiger partial charge in [0, 0.05) is 22.7 Å². The number of rotatable bonds is 8. The van der Waals surface area contributed by atoms with Crippen molar-refractivity contribution in [2.45, 2.75) is 38.3 Å². The third-order valence-corrected chi connectivity index (χ3v) is 6.77. The number of hydrogen-bond donors (Lipinski definition) is 2. The average Bonchev–Trinajstić information content (AvgIpc) is 3.39. The van der Waals surface area contributed by atoms with Crippen molar-refractivity contribution in [3.63, 3.8) is 0 Å². The van der Waals surface area contributed by atoms with Crippen molar-refractivity contribution in [2.75, 3.05) is 13.7 Å². The van der Waals surface area contributed by atoms with Gasteiger partial charge in [-0.2, -0.15) is 0 Å². The third kappa shape index (κ3) is 5.37. The zero-order valence-electron chi connectivity index (χ0n) is 20.9. The molecule has 190 valence electrons. The van der Waals surface area contributed by atoms with E-state index in [-0.39, 0.29) is 17.6 Å². The minimum Gasteiger partial charge on any atom is -0.508 e. The molecular formula is C30H30N2O5. The minimum atomic E-state index is -0.219. The van der Waals surface area contributed by atoms with E-state index in [0.29, 0.717) is 39.9 Å². The van der Waals surface area contributed by atoms with Crippen LogP contribution >= 0.6 is 0 Å². The van der Waals surface area contributed by atoms with E-state index in [9.17, 15) is 9.90 Å². The van der Waals surface area contributed by atoms with Gasteiger partial charge in [0.15, 0.2) is 11.5 Å². The van der Waals surface area contributed by atoms with Gasteiger partial charge in [0.2, 0.25) is 0 Å². The van der Waals surface area contributed by atoms with Crippen molar-refractivity contribution in [3.05, 3.63) is 83.9 Å². The van der Waals surface area contributed by atoms with Crippen molar-refractivity contribution in [3.8, 4) is 39.8 Å². The molecule has 1 aliphatic rings. The first-order chi connectivity index (χ1) is 18.0. The van der Waals surface area contributed by atoms with Gasteiger partial charge >= 0.3 is 0 Å². The van der Waals surface area contributed by atoms with E-state index in [1.165, 1.54) is 12.8 Å². The molecule has 0 radical (unpaired) electrons. The van der Waals surface area contributed by atoms with Gasteiger partial charge in [0.25, 0.3) is 0 Å². The van der Waals surface area contributed by atoms with Crippen LogP contribution in [0.1, 0.15) is 42.1 Å². The molecule has 5 rings (SSSR count). The number of aromatic hydroxyl groups is 1. The van der Waals surface area contributed by atoms with Crippen LogP contribution in [0.25, 0.3) is 22.6 Å². The molecule has 1 aliphatic heterocycles. The molecule has 4 aromatic rings. The number of phenols is 1. The molecular weight excluding hydrogens is 468 g/mol. The Bertz CT molecular complexity index is 1340. The smallest absolute Gasteiger partial charge is 0.199 e. The highest BCUT2D eigenvalue weighted by Crippen LogP contribution is 2.35. The van der Waals surface area contributed by atoms with E-state index in [4.69, 9.17) is 14.0 Å². The zero-order valence-corrected chi connectivity index (χ0v) is 20.9. The Balaban J connectivity index is 1.46. The fourth-order valence-electron chi connectivity index (χ4n) is 4.66. The molecule has 1 aromatic heterocycles. The van der Waals surface area contributed by atoms with Gasteiger partial charge in [-0.25, -0.2) is 0 Å². The Morgan fingerprint density at radius 3 is 2.30 bits per heavy atom. The summed E-state index contributed by atoms with van der Waals surface area (Å²) in [6, 6.07) is 21.3. The fourth-order valence-corrected chi connectivity index (χ4v) is 4.66. The quantitative estimate of drug-likeness (QED) is 0.294. The summed E-state index contributed by atoms with van der Waals surface area (Å²) < 4.78 is 17.1. The maximum atomic E-state index is 13.8. The molecule has 2 atom stereocenters. The summed E-state index contributed by atoms with van der Waals surface area (Å²) in [5, 5.41) is 17.5. The second-order valence-corrected chi connectivity index (χ2v) is 9.24. The lowest BCUT2D eigenvalue weighted by Crippen LogP contribution is -2.44. The summed E-state index contributed by atoms with van der Waals surface area (Å²) >= 11 is 0. The van der Waals surface area contributed by atoms with E-state index in [2.05, 4.69) is 17.4 Å². The number of piperidine rings is 1. The molecule has 0 amide bonds. The molecule has 0 aliphatic carbocycles. The summed E-state index contributed by atoms with van der Waals surface area (Å²) in [4.78, 5) is 13.8. The van der Waals surface area contributed by atoms with Gasteiger partial charge in [-0.1, -0.05) is 11.6 Å². The number of ether oxygens (including phenoxy) is 2. The Morgan fingerprint density at radius 1 is 0.973 bits per heavy atom. The first-order valence-corrected chi connectivity index (χ1v) is 12.5. The monoisotopic (exact) mass is 498 g/mol. The van der Waals surface area contributed by atoms with E-state index >= 15 is 0 Å². The summed E-state index contributed by atoms with van der Waals surface area (Å²) in [6.45, 7) is 3.09. The number of carbonyl (C=O) groups excluding carboxylic acids is 1. The summed E-state index contributed by atoms with van der Waals surface area (Å²) in [5.74, 6) is 1.67. The van der Waals surface area contributed by atoms with Crippen molar-refractivity contribution in [1.82, 2.24) is 10.5 Å². The Morgan fingerprint density at radius 2 is 1.65 bits per heavy atom. The number of ketones is 1. The zero-order chi connectivity index (χ0) is 25.8. The summed E-state index contributed by atoms with van der Waals surface area (Å²) in [5.41, 5.74) is 2.65. The predicted octanol–water partition coefficient (Wildman–Crippen LogP) is 5.86. The van der Waals surface area contributed by atoms with E-state index in [0.717, 1.165) is 24.3 Å². The molecule has 2 unspecified atom stereocenters. The molecule has 1 fully saturated rings. The Labute approximate surface area is 216 Å². The number of carbonyl (C=O) groups is 1. The highest BCUT2D eigenvalue weighted by Gasteiger charge is 2.27. The van der Waals surface area contributed by atoms with Gasteiger partial charge < -0.3 is 24.4 Å². The Hall–Kier alpha value is -4.10. The SMILES string of the molecule is COc1ccc(-c2noc(-c3ccc(O)cc3)c2C(=O)c2ccc(OC(C)C3CCCCN3)cc2)cc1. The number of hydrogen-bond acceptors (Lipinski definition) is 7.